The van der Waals surface area contributed by atoms with Gasteiger partial charge in [-0.3, -0.25) is 9.59 Å². The molecule has 0 saturated heterocycles. The van der Waals surface area contributed by atoms with E-state index >= 15 is 0 Å². The third-order valence-corrected chi connectivity index (χ3v) is 5.24. The first kappa shape index (κ1) is 23.6. The van der Waals surface area contributed by atoms with Crippen molar-refractivity contribution in [1.82, 2.24) is 0 Å². The van der Waals surface area contributed by atoms with Crippen LogP contribution in [0.15, 0.2) is 55.8 Å². The Morgan fingerprint density at radius 1 is 1.12 bits per heavy atom. The van der Waals surface area contributed by atoms with E-state index in [2.05, 4.69) is 10.0 Å². The summed E-state index contributed by atoms with van der Waals surface area (Å²) in [6.45, 7) is 7.72. The van der Waals surface area contributed by atoms with Gasteiger partial charge in [-0.25, -0.2) is 0 Å². The van der Waals surface area contributed by atoms with Gasteiger partial charge >= 0.3 is 0 Å². The minimum Gasteiger partial charge on any atom is -0.507 e. The number of carbonyl (C=O) groups is 1. The van der Waals surface area contributed by atoms with E-state index in [9.17, 15) is 14.7 Å². The summed E-state index contributed by atoms with van der Waals surface area (Å²) in [5, 5.41) is 14.2. The maximum atomic E-state index is 13.7. The summed E-state index contributed by atoms with van der Waals surface area (Å²) in [4.78, 5) is 28.7. The van der Waals surface area contributed by atoms with Crippen molar-refractivity contribution in [3.05, 3.63) is 78.9 Å². The second-order valence-corrected chi connectivity index (χ2v) is 8.18. The Kier molecular flexibility index (Phi) is 6.89. The number of methoxy groups -OCH3 is 1. The Morgan fingerprint density at radius 3 is 2.39 bits per heavy atom. The Hall–Kier alpha value is -4.03. The monoisotopic (exact) mass is 447 g/mol. The van der Waals surface area contributed by atoms with Crippen LogP contribution in [0.1, 0.15) is 49.2 Å². The van der Waals surface area contributed by atoms with Crippen LogP contribution in [-0.2, 0) is 12.8 Å². The van der Waals surface area contributed by atoms with Crippen LogP contribution in [0.5, 0.6) is 11.5 Å². The van der Waals surface area contributed by atoms with Gasteiger partial charge in [-0.15, -0.1) is 0 Å². The fourth-order valence-electron chi connectivity index (χ4n) is 3.65. The number of azide groups is 1. The summed E-state index contributed by atoms with van der Waals surface area (Å²) in [5.41, 5.74) is 11.7. The van der Waals surface area contributed by atoms with Crippen LogP contribution in [0, 0.1) is 0 Å². The Labute approximate surface area is 190 Å². The largest absolute Gasteiger partial charge is 0.507 e. The molecule has 2 aromatic carbocycles. The van der Waals surface area contributed by atoms with Gasteiger partial charge in [0.25, 0.3) is 5.91 Å². The average molecular weight is 447 g/mol. The Morgan fingerprint density at radius 2 is 1.79 bits per heavy atom. The average Bonchev–Trinajstić information content (AvgIpc) is 2.75. The summed E-state index contributed by atoms with van der Waals surface area (Å²) >= 11 is 0. The number of aromatic hydroxyl groups is 1. The van der Waals surface area contributed by atoms with Crippen molar-refractivity contribution in [2.45, 2.75) is 40.5 Å². The maximum absolute atomic E-state index is 13.7. The van der Waals surface area contributed by atoms with Gasteiger partial charge in [-0.05, 0) is 68.4 Å². The Bertz CT molecular complexity index is 1430. The highest BCUT2D eigenvalue weighted by molar-refractivity contribution is 6.05. The molecule has 0 bridgehead atoms. The first-order valence-electron chi connectivity index (χ1n) is 10.4. The molecule has 1 N–H and O–H groups in total. The van der Waals surface area contributed by atoms with Crippen molar-refractivity contribution in [1.29, 1.82) is 0 Å². The first-order chi connectivity index (χ1) is 15.7. The summed E-state index contributed by atoms with van der Waals surface area (Å²) in [5.74, 6) is -0.814. The SMILES string of the molecule is COc1cc2oc3cc(O)c(C(=O)N=[N+]=[N-])c(CC=C(C)C)c3c(=O)c2cc1CC=C(C)C. The molecule has 0 saturated carbocycles. The number of amides is 1. The lowest BCUT2D eigenvalue weighted by Gasteiger charge is -2.13. The normalized spacial score (nSPS) is 10.6. The van der Waals surface area contributed by atoms with E-state index in [0.29, 0.717) is 23.1 Å². The molecule has 1 aromatic heterocycles. The number of allylic oxidation sites excluding steroid dienone is 4. The van der Waals surface area contributed by atoms with Gasteiger partial charge in [-0.2, -0.15) is 0 Å². The van der Waals surface area contributed by atoms with E-state index in [4.69, 9.17) is 14.7 Å². The summed E-state index contributed by atoms with van der Waals surface area (Å²) in [6, 6.07) is 4.58. The zero-order chi connectivity index (χ0) is 24.3. The third kappa shape index (κ3) is 4.76. The number of carbonyl (C=O) groups excluding carboxylic acids is 1. The molecule has 8 heteroatoms. The van der Waals surface area contributed by atoms with Gasteiger partial charge in [-0.1, -0.05) is 23.3 Å². The number of rotatable bonds is 6. The van der Waals surface area contributed by atoms with Crippen molar-refractivity contribution < 1.29 is 19.1 Å². The Balaban J connectivity index is 2.46. The fourth-order valence-corrected chi connectivity index (χ4v) is 3.65. The number of phenolic OH excluding ortho intramolecular Hbond substituents is 1. The predicted octanol–water partition coefficient (Wildman–Crippen LogP) is 6.13. The molecule has 0 aliphatic heterocycles. The fraction of sp³-hybridized carbons (Fsp3) is 0.280. The number of benzene rings is 2. The van der Waals surface area contributed by atoms with E-state index in [1.165, 1.54) is 6.07 Å². The molecule has 0 unspecified atom stereocenters. The van der Waals surface area contributed by atoms with Gasteiger partial charge in [0, 0.05) is 17.0 Å². The van der Waals surface area contributed by atoms with Gasteiger partial charge in [0.1, 0.15) is 22.7 Å². The highest BCUT2D eigenvalue weighted by Crippen LogP contribution is 2.34. The minimum absolute atomic E-state index is 0.124. The van der Waals surface area contributed by atoms with Crippen molar-refractivity contribution in [3.63, 3.8) is 0 Å². The quantitative estimate of drug-likeness (QED) is 0.160. The van der Waals surface area contributed by atoms with Crippen molar-refractivity contribution in [2.24, 2.45) is 5.11 Å². The first-order valence-corrected chi connectivity index (χ1v) is 10.4. The molecule has 3 rings (SSSR count). The van der Waals surface area contributed by atoms with E-state index in [1.54, 1.807) is 19.2 Å². The summed E-state index contributed by atoms with van der Waals surface area (Å²) in [7, 11) is 1.54. The standard InChI is InChI=1S/C25H25N3O5/c1-13(2)6-8-15-10-17-20(12-19(15)32-5)33-21-11-18(29)22(25(31)27-28-26)16(9-7-14(3)4)23(21)24(17)30/h6-7,10-12,29H,8-9H2,1-5H3. The molecule has 3 aromatic rings. The number of fused-ring (bicyclic) bond motifs is 2. The molecule has 170 valence electrons. The lowest BCUT2D eigenvalue weighted by atomic mass is 9.95. The zero-order valence-electron chi connectivity index (χ0n) is 19.2. The molecule has 8 nitrogen and oxygen atoms in total. The van der Waals surface area contributed by atoms with Gasteiger partial charge in [0.05, 0.1) is 23.4 Å². The summed E-state index contributed by atoms with van der Waals surface area (Å²) < 4.78 is 11.5. The lowest BCUT2D eigenvalue weighted by Crippen LogP contribution is -2.10. The molecule has 0 spiro atoms. The second-order valence-electron chi connectivity index (χ2n) is 8.18. The number of ether oxygens (including phenoxy) is 1. The highest BCUT2D eigenvalue weighted by atomic mass is 16.5. The molecular weight excluding hydrogens is 422 g/mol. The topological polar surface area (TPSA) is 126 Å². The van der Waals surface area contributed by atoms with Crippen LogP contribution >= 0.6 is 0 Å². The predicted molar refractivity (Wildman–Crippen MR) is 128 cm³/mol. The molecule has 0 aliphatic rings. The third-order valence-electron chi connectivity index (χ3n) is 5.24. The smallest absolute Gasteiger partial charge is 0.253 e. The van der Waals surface area contributed by atoms with Crippen LogP contribution < -0.4 is 10.2 Å². The van der Waals surface area contributed by atoms with Crippen LogP contribution in [-0.4, -0.2) is 18.1 Å². The maximum Gasteiger partial charge on any atom is 0.253 e. The van der Waals surface area contributed by atoms with Crippen molar-refractivity contribution in [3.8, 4) is 11.5 Å². The number of nitrogens with zero attached hydrogens (tertiary/aromatic N) is 3. The van der Waals surface area contributed by atoms with Gasteiger partial charge < -0.3 is 14.3 Å². The lowest BCUT2D eigenvalue weighted by molar-refractivity contribution is 0.0997. The molecule has 0 radical (unpaired) electrons. The van der Waals surface area contributed by atoms with Crippen LogP contribution in [0.4, 0.5) is 0 Å². The van der Waals surface area contributed by atoms with Crippen LogP contribution in [0.2, 0.25) is 0 Å². The van der Waals surface area contributed by atoms with E-state index in [-0.39, 0.29) is 33.9 Å². The van der Waals surface area contributed by atoms with Gasteiger partial charge in [0.2, 0.25) is 5.43 Å². The molecule has 1 heterocycles. The van der Waals surface area contributed by atoms with E-state index in [0.717, 1.165) is 16.7 Å². The van der Waals surface area contributed by atoms with Crippen LogP contribution in [0.3, 0.4) is 0 Å². The molecule has 1 amide bonds. The molecule has 0 atom stereocenters. The second kappa shape index (κ2) is 9.63. The number of phenols is 1. The minimum atomic E-state index is -0.965. The van der Waals surface area contributed by atoms with Crippen molar-refractivity contribution >= 4 is 27.8 Å². The molecule has 33 heavy (non-hydrogen) atoms. The van der Waals surface area contributed by atoms with Crippen LogP contribution in [0.25, 0.3) is 32.4 Å². The van der Waals surface area contributed by atoms with E-state index in [1.807, 2.05) is 39.8 Å². The van der Waals surface area contributed by atoms with Gasteiger partial charge in [0.15, 0.2) is 0 Å². The highest BCUT2D eigenvalue weighted by Gasteiger charge is 2.23. The van der Waals surface area contributed by atoms with Crippen molar-refractivity contribution in [2.75, 3.05) is 7.11 Å². The molecule has 0 aliphatic carbocycles. The summed E-state index contributed by atoms with van der Waals surface area (Å²) in [6.07, 6.45) is 4.59. The molecule has 0 fully saturated rings. The number of hydrogen-bond acceptors (Lipinski definition) is 5. The number of hydrogen-bond donors (Lipinski definition) is 1. The zero-order valence-corrected chi connectivity index (χ0v) is 19.2. The molecular formula is C25H25N3O5. The van der Waals surface area contributed by atoms with E-state index < -0.39 is 11.7 Å².